The van der Waals surface area contributed by atoms with Crippen molar-refractivity contribution >= 4 is 40.0 Å². The standard InChI is InChI=1S/C13H22N4O3S.HI/c1-14-13(15-2)16-10-11-5-4-6-12(9-11)21(18,19)17-7-8-20-3;/h4-6,9,17H,7-8,10H2,1-3H3,(H2,14,15,16);1H. The lowest BCUT2D eigenvalue weighted by atomic mass is 10.2. The molecular weight excluding hydrogens is 419 g/mol. The number of ether oxygens (including phenoxy) is 1. The van der Waals surface area contributed by atoms with Crippen molar-refractivity contribution in [1.29, 1.82) is 0 Å². The van der Waals surface area contributed by atoms with E-state index in [2.05, 4.69) is 20.3 Å². The van der Waals surface area contributed by atoms with Crippen LogP contribution < -0.4 is 15.4 Å². The fraction of sp³-hybridized carbons (Fsp3) is 0.462. The van der Waals surface area contributed by atoms with E-state index in [0.717, 1.165) is 5.56 Å². The van der Waals surface area contributed by atoms with Crippen molar-refractivity contribution in [3.05, 3.63) is 29.8 Å². The lowest BCUT2D eigenvalue weighted by Crippen LogP contribution is -2.34. The predicted octanol–water partition coefficient (Wildman–Crippen LogP) is 0.524. The normalized spacial score (nSPS) is 11.7. The molecule has 0 saturated heterocycles. The number of sulfonamides is 1. The van der Waals surface area contributed by atoms with Gasteiger partial charge in [-0.05, 0) is 17.7 Å². The van der Waals surface area contributed by atoms with E-state index in [1.165, 1.54) is 7.11 Å². The zero-order chi connectivity index (χ0) is 15.7. The van der Waals surface area contributed by atoms with Crippen molar-refractivity contribution in [1.82, 2.24) is 15.4 Å². The maximum atomic E-state index is 12.1. The topological polar surface area (TPSA) is 91.8 Å². The lowest BCUT2D eigenvalue weighted by molar-refractivity contribution is 0.204. The van der Waals surface area contributed by atoms with Crippen LogP contribution in [0.3, 0.4) is 0 Å². The first-order valence-electron chi connectivity index (χ1n) is 6.49. The van der Waals surface area contributed by atoms with Crippen LogP contribution in [0.15, 0.2) is 34.2 Å². The smallest absolute Gasteiger partial charge is 0.240 e. The Morgan fingerprint density at radius 3 is 2.68 bits per heavy atom. The fourth-order valence-electron chi connectivity index (χ4n) is 1.65. The molecule has 22 heavy (non-hydrogen) atoms. The SMILES string of the molecule is CN=C(NC)NCc1cccc(S(=O)(=O)NCCOC)c1.I. The van der Waals surface area contributed by atoms with Crippen molar-refractivity contribution in [3.8, 4) is 0 Å². The molecule has 0 fully saturated rings. The van der Waals surface area contributed by atoms with Gasteiger partial charge < -0.3 is 15.4 Å². The molecule has 9 heteroatoms. The van der Waals surface area contributed by atoms with Gasteiger partial charge in [0.1, 0.15) is 0 Å². The van der Waals surface area contributed by atoms with Crippen LogP contribution in [0.25, 0.3) is 0 Å². The molecule has 1 aromatic carbocycles. The quantitative estimate of drug-likeness (QED) is 0.248. The molecule has 0 saturated carbocycles. The summed E-state index contributed by atoms with van der Waals surface area (Å²) in [5.41, 5.74) is 0.848. The first-order valence-corrected chi connectivity index (χ1v) is 7.97. The highest BCUT2D eigenvalue weighted by atomic mass is 127. The number of hydrogen-bond donors (Lipinski definition) is 3. The van der Waals surface area contributed by atoms with Crippen molar-refractivity contribution in [2.75, 3.05) is 34.4 Å². The molecule has 0 aliphatic rings. The first-order chi connectivity index (χ1) is 10.0. The van der Waals surface area contributed by atoms with Crippen LogP contribution >= 0.6 is 24.0 Å². The second-order valence-electron chi connectivity index (χ2n) is 4.21. The highest BCUT2D eigenvalue weighted by Crippen LogP contribution is 2.11. The highest BCUT2D eigenvalue weighted by Gasteiger charge is 2.13. The third-order valence-corrected chi connectivity index (χ3v) is 4.19. The number of methoxy groups -OCH3 is 1. The van der Waals surface area contributed by atoms with Gasteiger partial charge in [0.05, 0.1) is 11.5 Å². The molecule has 3 N–H and O–H groups in total. The minimum atomic E-state index is -3.51. The summed E-state index contributed by atoms with van der Waals surface area (Å²) >= 11 is 0. The van der Waals surface area contributed by atoms with Crippen LogP contribution in [-0.4, -0.2) is 48.7 Å². The summed E-state index contributed by atoms with van der Waals surface area (Å²) in [7, 11) is 1.44. The van der Waals surface area contributed by atoms with Gasteiger partial charge in [0.2, 0.25) is 10.0 Å². The number of guanidine groups is 1. The molecule has 0 aliphatic heterocycles. The monoisotopic (exact) mass is 442 g/mol. The molecule has 0 heterocycles. The maximum Gasteiger partial charge on any atom is 0.240 e. The number of benzene rings is 1. The zero-order valence-electron chi connectivity index (χ0n) is 12.9. The molecule has 0 radical (unpaired) electrons. The number of nitrogens with zero attached hydrogens (tertiary/aromatic N) is 1. The third-order valence-electron chi connectivity index (χ3n) is 2.73. The van der Waals surface area contributed by atoms with Crippen LogP contribution in [0.5, 0.6) is 0 Å². The van der Waals surface area contributed by atoms with Crippen LogP contribution in [-0.2, 0) is 21.3 Å². The molecule has 0 unspecified atom stereocenters. The van der Waals surface area contributed by atoms with E-state index in [1.807, 2.05) is 6.07 Å². The average molecular weight is 442 g/mol. The lowest BCUT2D eigenvalue weighted by Gasteiger charge is -2.10. The van der Waals surface area contributed by atoms with E-state index < -0.39 is 10.0 Å². The first kappa shape index (κ1) is 21.1. The van der Waals surface area contributed by atoms with E-state index in [4.69, 9.17) is 4.74 Å². The number of aliphatic imine (C=N–C) groups is 1. The van der Waals surface area contributed by atoms with Crippen LogP contribution in [0, 0.1) is 0 Å². The summed E-state index contributed by atoms with van der Waals surface area (Å²) in [5.74, 6) is 0.640. The summed E-state index contributed by atoms with van der Waals surface area (Å²) in [6.45, 7) is 1.06. The van der Waals surface area contributed by atoms with E-state index >= 15 is 0 Å². The van der Waals surface area contributed by atoms with Gasteiger partial charge in [-0.15, -0.1) is 24.0 Å². The number of halogens is 1. The second-order valence-corrected chi connectivity index (χ2v) is 5.98. The molecule has 0 spiro atoms. The van der Waals surface area contributed by atoms with Crippen LogP contribution in [0.2, 0.25) is 0 Å². The van der Waals surface area contributed by atoms with Crippen molar-refractivity contribution < 1.29 is 13.2 Å². The van der Waals surface area contributed by atoms with Crippen molar-refractivity contribution in [3.63, 3.8) is 0 Å². The van der Waals surface area contributed by atoms with E-state index in [-0.39, 0.29) is 35.4 Å². The average Bonchev–Trinajstić information content (AvgIpc) is 2.49. The Balaban J connectivity index is 0.00000441. The summed E-state index contributed by atoms with van der Waals surface area (Å²) in [4.78, 5) is 4.23. The second kappa shape index (κ2) is 10.8. The minimum Gasteiger partial charge on any atom is -0.383 e. The van der Waals surface area contributed by atoms with Crippen molar-refractivity contribution in [2.45, 2.75) is 11.4 Å². The van der Waals surface area contributed by atoms with Gasteiger partial charge in [0, 0.05) is 34.3 Å². The number of nitrogens with one attached hydrogen (secondary N) is 3. The largest absolute Gasteiger partial charge is 0.383 e. The number of hydrogen-bond acceptors (Lipinski definition) is 4. The fourth-order valence-corrected chi connectivity index (χ4v) is 2.73. The Morgan fingerprint density at radius 2 is 2.09 bits per heavy atom. The van der Waals surface area contributed by atoms with Gasteiger partial charge in [-0.2, -0.15) is 0 Å². The van der Waals surface area contributed by atoms with Gasteiger partial charge in [0.25, 0.3) is 0 Å². The third kappa shape index (κ3) is 6.90. The Bertz CT molecular complexity index is 578. The summed E-state index contributed by atoms with van der Waals surface area (Å²) < 4.78 is 31.5. The van der Waals surface area contributed by atoms with Gasteiger partial charge in [-0.25, -0.2) is 13.1 Å². The van der Waals surface area contributed by atoms with Gasteiger partial charge in [0.15, 0.2) is 5.96 Å². The summed E-state index contributed by atoms with van der Waals surface area (Å²) in [6.07, 6.45) is 0. The molecule has 0 amide bonds. The van der Waals surface area contributed by atoms with Gasteiger partial charge in [-0.1, -0.05) is 12.1 Å². The van der Waals surface area contributed by atoms with Gasteiger partial charge >= 0.3 is 0 Å². The van der Waals surface area contributed by atoms with Crippen molar-refractivity contribution in [2.24, 2.45) is 4.99 Å². The highest BCUT2D eigenvalue weighted by molar-refractivity contribution is 14.0. The molecule has 126 valence electrons. The maximum absolute atomic E-state index is 12.1. The Hall–Kier alpha value is -0.910. The molecule has 0 bridgehead atoms. The van der Waals surface area contributed by atoms with Crippen LogP contribution in [0.4, 0.5) is 0 Å². The molecule has 1 rings (SSSR count). The van der Waals surface area contributed by atoms with E-state index in [1.54, 1.807) is 32.3 Å². The van der Waals surface area contributed by atoms with Crippen LogP contribution in [0.1, 0.15) is 5.56 Å². The van der Waals surface area contributed by atoms with E-state index in [0.29, 0.717) is 19.1 Å². The van der Waals surface area contributed by atoms with E-state index in [9.17, 15) is 8.42 Å². The molecule has 7 nitrogen and oxygen atoms in total. The Labute approximate surface area is 149 Å². The molecule has 0 aliphatic carbocycles. The number of rotatable bonds is 7. The van der Waals surface area contributed by atoms with Gasteiger partial charge in [-0.3, -0.25) is 4.99 Å². The molecular formula is C13H23IN4O3S. The summed E-state index contributed by atoms with van der Waals surface area (Å²) in [6, 6.07) is 6.75. The molecule has 0 aromatic heterocycles. The Kier molecular flexibility index (Phi) is 10.3. The minimum absolute atomic E-state index is 0. The Morgan fingerprint density at radius 1 is 1.36 bits per heavy atom. The molecule has 0 atom stereocenters. The summed E-state index contributed by atoms with van der Waals surface area (Å²) in [5, 5.41) is 5.97. The predicted molar refractivity (Wildman–Crippen MR) is 98.2 cm³/mol. The zero-order valence-corrected chi connectivity index (χ0v) is 16.1. The molecule has 1 aromatic rings.